The van der Waals surface area contributed by atoms with Crippen molar-refractivity contribution in [3.63, 3.8) is 0 Å². The van der Waals surface area contributed by atoms with Gasteiger partial charge in [-0.1, -0.05) is 0 Å². The fourth-order valence-corrected chi connectivity index (χ4v) is 1.06. The fourth-order valence-electron chi connectivity index (χ4n) is 0.118. The van der Waals surface area contributed by atoms with E-state index in [0.29, 0.717) is 0 Å². The lowest BCUT2D eigenvalue weighted by atomic mass is 11.7. The van der Waals surface area contributed by atoms with Crippen molar-refractivity contribution in [1.82, 2.24) is 0 Å². The van der Waals surface area contributed by atoms with E-state index in [4.69, 9.17) is 4.43 Å². The summed E-state index contributed by atoms with van der Waals surface area (Å²) in [4.78, 5) is 0. The van der Waals surface area contributed by atoms with Crippen LogP contribution in [0.2, 0.25) is 0 Å². The van der Waals surface area contributed by atoms with Crippen LogP contribution in [-0.4, -0.2) is 22.7 Å². The molecular formula is C2H8OSSi. The van der Waals surface area contributed by atoms with Crippen molar-refractivity contribution >= 4 is 22.2 Å². The number of hydrogen-bond donors (Lipinski definition) is 0. The largest absolute Gasteiger partial charge is 0.419 e. The first-order valence-corrected chi connectivity index (χ1v) is 3.60. The maximum atomic E-state index is 4.79. The van der Waals surface area contributed by atoms with Crippen LogP contribution >= 0.6 is 11.8 Å². The second-order valence-electron chi connectivity index (χ2n) is 0.695. The molecule has 0 radical (unpaired) electrons. The molecule has 0 rings (SSSR count). The lowest BCUT2D eigenvalue weighted by Gasteiger charge is -1.85. The predicted molar refractivity (Wildman–Crippen MR) is 29.4 cm³/mol. The van der Waals surface area contributed by atoms with Gasteiger partial charge >= 0.3 is 0 Å². The molecule has 0 spiro atoms. The summed E-state index contributed by atoms with van der Waals surface area (Å²) in [5.41, 5.74) is 0. The van der Waals surface area contributed by atoms with Crippen LogP contribution in [0.4, 0.5) is 0 Å². The molecule has 0 saturated heterocycles. The summed E-state index contributed by atoms with van der Waals surface area (Å²) in [6.45, 7) is 0. The van der Waals surface area contributed by atoms with Gasteiger partial charge in [-0.15, -0.1) is 11.8 Å². The van der Waals surface area contributed by atoms with E-state index >= 15 is 0 Å². The van der Waals surface area contributed by atoms with Gasteiger partial charge in [-0.25, -0.2) is 0 Å². The molecule has 1 nitrogen and oxygen atoms in total. The van der Waals surface area contributed by atoms with Crippen molar-refractivity contribution in [2.45, 2.75) is 0 Å². The maximum Gasteiger partial charge on any atom is 0.147 e. The van der Waals surface area contributed by atoms with E-state index in [9.17, 15) is 0 Å². The Bertz CT molecular complexity index is 17.1. The standard InChI is InChI=1S/C2H8OSSi/c1-4-2-3-5/h2H2,1,5H3. The SMILES string of the molecule is CSCO[SiH3]. The Labute approximate surface area is 39.6 Å². The molecule has 5 heavy (non-hydrogen) atoms. The third kappa shape index (κ3) is 4.53. The lowest BCUT2D eigenvalue weighted by Crippen LogP contribution is -1.77. The van der Waals surface area contributed by atoms with Crippen molar-refractivity contribution in [1.29, 1.82) is 0 Å². The Morgan fingerprint density at radius 3 is 2.60 bits per heavy atom. The van der Waals surface area contributed by atoms with E-state index in [0.717, 1.165) is 16.4 Å². The zero-order valence-electron chi connectivity index (χ0n) is 3.52. The van der Waals surface area contributed by atoms with E-state index < -0.39 is 0 Å². The molecule has 0 aliphatic heterocycles. The van der Waals surface area contributed by atoms with E-state index in [1.807, 2.05) is 6.26 Å². The van der Waals surface area contributed by atoms with Gasteiger partial charge in [0, 0.05) is 0 Å². The highest BCUT2D eigenvalue weighted by atomic mass is 32.2. The molecule has 3 heteroatoms. The first-order valence-electron chi connectivity index (χ1n) is 1.39. The molecule has 0 bridgehead atoms. The molecule has 32 valence electrons. The van der Waals surface area contributed by atoms with Crippen molar-refractivity contribution in [2.24, 2.45) is 0 Å². The summed E-state index contributed by atoms with van der Waals surface area (Å²) >= 11 is 1.71. The maximum absolute atomic E-state index is 4.79. The Hall–Kier alpha value is 0.527. The number of hydrogen-bond acceptors (Lipinski definition) is 2. The highest BCUT2D eigenvalue weighted by Crippen LogP contribution is 1.86. The molecule has 0 unspecified atom stereocenters. The first-order chi connectivity index (χ1) is 2.41. The zero-order chi connectivity index (χ0) is 4.12. The molecule has 0 aromatic heterocycles. The Morgan fingerprint density at radius 2 is 2.60 bits per heavy atom. The normalized spacial score (nSPS) is 9.00. The van der Waals surface area contributed by atoms with Gasteiger partial charge in [0.1, 0.15) is 10.5 Å². The third-order valence-corrected chi connectivity index (χ3v) is 1.41. The van der Waals surface area contributed by atoms with Crippen molar-refractivity contribution in [3.8, 4) is 0 Å². The predicted octanol–water partition coefficient (Wildman–Crippen LogP) is -0.396. The lowest BCUT2D eigenvalue weighted by molar-refractivity contribution is 0.436. The summed E-state index contributed by atoms with van der Waals surface area (Å²) in [6, 6.07) is 0. The monoisotopic (exact) mass is 108 g/mol. The molecule has 0 aromatic rings. The number of rotatable bonds is 2. The summed E-state index contributed by atoms with van der Waals surface area (Å²) in [6.07, 6.45) is 2.03. The Morgan fingerprint density at radius 1 is 2.00 bits per heavy atom. The van der Waals surface area contributed by atoms with Crippen LogP contribution in [0.25, 0.3) is 0 Å². The highest BCUT2D eigenvalue weighted by Gasteiger charge is 1.65. The highest BCUT2D eigenvalue weighted by molar-refractivity contribution is 7.98. The van der Waals surface area contributed by atoms with Crippen LogP contribution in [0.5, 0.6) is 0 Å². The van der Waals surface area contributed by atoms with E-state index in [1.165, 1.54) is 0 Å². The zero-order valence-corrected chi connectivity index (χ0v) is 6.34. The van der Waals surface area contributed by atoms with Crippen LogP contribution in [0.15, 0.2) is 0 Å². The van der Waals surface area contributed by atoms with E-state index in [2.05, 4.69) is 0 Å². The smallest absolute Gasteiger partial charge is 0.147 e. The van der Waals surface area contributed by atoms with E-state index in [-0.39, 0.29) is 0 Å². The molecular weight excluding hydrogens is 100 g/mol. The van der Waals surface area contributed by atoms with Gasteiger partial charge in [0.15, 0.2) is 0 Å². The minimum Gasteiger partial charge on any atom is -0.419 e. The second-order valence-corrected chi connectivity index (χ2v) is 2.09. The molecule has 0 N–H and O–H groups in total. The molecule has 0 aliphatic rings. The second kappa shape index (κ2) is 4.53. The van der Waals surface area contributed by atoms with Crippen molar-refractivity contribution in [2.75, 3.05) is 12.2 Å². The van der Waals surface area contributed by atoms with Gasteiger partial charge in [0.2, 0.25) is 0 Å². The van der Waals surface area contributed by atoms with E-state index in [1.54, 1.807) is 11.8 Å². The molecule has 0 fully saturated rings. The average molecular weight is 108 g/mol. The topological polar surface area (TPSA) is 9.23 Å². The fraction of sp³-hybridized carbons (Fsp3) is 1.00. The van der Waals surface area contributed by atoms with Crippen LogP contribution in [0.3, 0.4) is 0 Å². The molecule has 0 amide bonds. The molecule has 0 saturated carbocycles. The van der Waals surface area contributed by atoms with Gasteiger partial charge in [0.05, 0.1) is 5.94 Å². The van der Waals surface area contributed by atoms with Crippen molar-refractivity contribution in [3.05, 3.63) is 0 Å². The Balaban J connectivity index is 2.19. The third-order valence-electron chi connectivity index (χ3n) is 0.236. The minimum absolute atomic E-state index is 0.867. The number of thioether (sulfide) groups is 1. The molecule has 0 heterocycles. The first kappa shape index (κ1) is 5.53. The quantitative estimate of drug-likeness (QED) is 0.352. The summed E-state index contributed by atoms with van der Waals surface area (Å²) in [7, 11) is 0.878. The summed E-state index contributed by atoms with van der Waals surface area (Å²) in [5, 5.41) is 0. The summed E-state index contributed by atoms with van der Waals surface area (Å²) < 4.78 is 4.79. The van der Waals surface area contributed by atoms with Crippen LogP contribution < -0.4 is 0 Å². The van der Waals surface area contributed by atoms with Crippen LogP contribution in [0.1, 0.15) is 0 Å². The van der Waals surface area contributed by atoms with Crippen LogP contribution in [-0.2, 0) is 4.43 Å². The molecule has 0 aliphatic carbocycles. The molecule has 0 atom stereocenters. The van der Waals surface area contributed by atoms with Gasteiger partial charge < -0.3 is 4.43 Å². The Kier molecular flexibility index (Phi) is 5.00. The van der Waals surface area contributed by atoms with Gasteiger partial charge in [-0.3, -0.25) is 0 Å². The van der Waals surface area contributed by atoms with Gasteiger partial charge in [-0.2, -0.15) is 0 Å². The minimum atomic E-state index is 0.867. The molecule has 0 aromatic carbocycles. The van der Waals surface area contributed by atoms with Crippen LogP contribution in [0, 0.1) is 0 Å². The summed E-state index contributed by atoms with van der Waals surface area (Å²) in [5.74, 6) is 0.867. The van der Waals surface area contributed by atoms with Crippen molar-refractivity contribution < 1.29 is 4.43 Å². The van der Waals surface area contributed by atoms with Gasteiger partial charge in [0.25, 0.3) is 0 Å². The average Bonchev–Trinajstić information content (AvgIpc) is 1.41. The van der Waals surface area contributed by atoms with Gasteiger partial charge in [-0.05, 0) is 6.26 Å².